The number of hydrogen-bond acceptors (Lipinski definition) is 5. The molecule has 0 saturated carbocycles. The number of aromatic nitrogens is 1. The molecule has 2 aromatic rings. The number of rotatable bonds is 4. The van der Waals surface area contributed by atoms with Gasteiger partial charge in [0, 0.05) is 30.1 Å². The van der Waals surface area contributed by atoms with Crippen molar-refractivity contribution >= 4 is 17.2 Å². The minimum Gasteiger partial charge on any atom is -0.334 e. The molecule has 0 saturated heterocycles. The van der Waals surface area contributed by atoms with Crippen LogP contribution in [0.1, 0.15) is 5.56 Å². The van der Waals surface area contributed by atoms with Crippen molar-refractivity contribution in [2.24, 2.45) is 5.73 Å². The van der Waals surface area contributed by atoms with E-state index in [-0.39, 0.29) is 18.1 Å². The number of pyridine rings is 1. The molecule has 0 aliphatic rings. The molecular formula is C12H11FN4O2. The summed E-state index contributed by atoms with van der Waals surface area (Å²) in [5.74, 6) is -0.404. The minimum absolute atomic E-state index is 0.0624. The van der Waals surface area contributed by atoms with Crippen LogP contribution in [0.4, 0.5) is 21.6 Å². The quantitative estimate of drug-likeness (QED) is 0.651. The van der Waals surface area contributed by atoms with Crippen LogP contribution >= 0.6 is 0 Å². The van der Waals surface area contributed by atoms with Gasteiger partial charge in [-0.2, -0.15) is 0 Å². The first-order valence-electron chi connectivity index (χ1n) is 5.46. The Balaban J connectivity index is 2.31. The van der Waals surface area contributed by atoms with Gasteiger partial charge in [0.25, 0.3) is 0 Å². The van der Waals surface area contributed by atoms with E-state index in [1.54, 1.807) is 6.07 Å². The lowest BCUT2D eigenvalue weighted by atomic mass is 10.2. The third-order valence-electron chi connectivity index (χ3n) is 2.52. The molecular weight excluding hydrogens is 251 g/mol. The highest BCUT2D eigenvalue weighted by molar-refractivity contribution is 5.65. The van der Waals surface area contributed by atoms with E-state index in [0.717, 1.165) is 0 Å². The smallest absolute Gasteiger partial charge is 0.311 e. The van der Waals surface area contributed by atoms with Crippen LogP contribution in [0.25, 0.3) is 0 Å². The zero-order valence-corrected chi connectivity index (χ0v) is 9.84. The lowest BCUT2D eigenvalue weighted by Gasteiger charge is -2.07. The lowest BCUT2D eigenvalue weighted by molar-refractivity contribution is -0.384. The minimum atomic E-state index is -0.556. The zero-order chi connectivity index (χ0) is 13.8. The number of anilines is 2. The van der Waals surface area contributed by atoms with Crippen molar-refractivity contribution in [1.29, 1.82) is 0 Å². The number of hydrogen-bond donors (Lipinski definition) is 2. The first-order chi connectivity index (χ1) is 9.11. The molecule has 7 heteroatoms. The third-order valence-corrected chi connectivity index (χ3v) is 2.52. The molecule has 0 amide bonds. The molecule has 1 aromatic heterocycles. The highest BCUT2D eigenvalue weighted by Crippen LogP contribution is 2.25. The maximum absolute atomic E-state index is 13.5. The van der Waals surface area contributed by atoms with Gasteiger partial charge in [-0.1, -0.05) is 6.07 Å². The standard InChI is InChI=1S/C12H11FN4O2/c13-10-6-9(4-3-8(10)7-14)16-12-11(17(18)19)2-1-5-15-12/h1-6H,7,14H2,(H,15,16). The molecule has 0 bridgehead atoms. The van der Waals surface area contributed by atoms with Crippen LogP contribution in [-0.2, 0) is 6.54 Å². The predicted octanol–water partition coefficient (Wildman–Crippen LogP) is 2.33. The Labute approximate surface area is 108 Å². The summed E-state index contributed by atoms with van der Waals surface area (Å²) in [5, 5.41) is 13.5. The molecule has 3 N–H and O–H groups in total. The summed E-state index contributed by atoms with van der Waals surface area (Å²) in [6, 6.07) is 7.11. The molecule has 1 aromatic carbocycles. The third kappa shape index (κ3) is 2.83. The van der Waals surface area contributed by atoms with E-state index in [1.807, 2.05) is 0 Å². The molecule has 0 radical (unpaired) electrons. The summed E-state index contributed by atoms with van der Waals surface area (Å²) in [6.07, 6.45) is 1.42. The monoisotopic (exact) mass is 262 g/mol. The van der Waals surface area contributed by atoms with Crippen LogP contribution in [0.5, 0.6) is 0 Å². The fraction of sp³-hybridized carbons (Fsp3) is 0.0833. The summed E-state index contributed by atoms with van der Waals surface area (Å²) >= 11 is 0. The summed E-state index contributed by atoms with van der Waals surface area (Å²) in [5.41, 5.74) is 5.93. The Hall–Kier alpha value is -2.54. The number of nitrogens with zero attached hydrogens (tertiary/aromatic N) is 2. The Kier molecular flexibility index (Phi) is 3.67. The van der Waals surface area contributed by atoms with Gasteiger partial charge < -0.3 is 11.1 Å². The maximum atomic E-state index is 13.5. The van der Waals surface area contributed by atoms with Gasteiger partial charge in [0.1, 0.15) is 5.82 Å². The normalized spacial score (nSPS) is 10.2. The molecule has 19 heavy (non-hydrogen) atoms. The van der Waals surface area contributed by atoms with Crippen LogP contribution in [0, 0.1) is 15.9 Å². The van der Waals surface area contributed by atoms with Gasteiger partial charge in [0.2, 0.25) is 5.82 Å². The summed E-state index contributed by atoms with van der Waals surface area (Å²) in [7, 11) is 0. The summed E-state index contributed by atoms with van der Waals surface area (Å²) < 4.78 is 13.5. The SMILES string of the molecule is NCc1ccc(Nc2ncccc2[N+](=O)[O-])cc1F. The molecule has 0 aliphatic carbocycles. The van der Waals surface area contributed by atoms with Crippen molar-refractivity contribution in [2.75, 3.05) is 5.32 Å². The Morgan fingerprint density at radius 1 is 1.42 bits per heavy atom. The molecule has 6 nitrogen and oxygen atoms in total. The molecule has 0 atom stereocenters. The van der Waals surface area contributed by atoms with Crippen LogP contribution in [0.15, 0.2) is 36.5 Å². The molecule has 98 valence electrons. The molecule has 0 unspecified atom stereocenters. The molecule has 2 rings (SSSR count). The second-order valence-corrected chi connectivity index (χ2v) is 3.76. The van der Waals surface area contributed by atoms with E-state index in [4.69, 9.17) is 5.73 Å². The number of nitrogens with one attached hydrogen (secondary N) is 1. The zero-order valence-electron chi connectivity index (χ0n) is 9.84. The highest BCUT2D eigenvalue weighted by atomic mass is 19.1. The van der Waals surface area contributed by atoms with Crippen LogP contribution in [0.3, 0.4) is 0 Å². The average molecular weight is 262 g/mol. The first kappa shape index (κ1) is 12.9. The predicted molar refractivity (Wildman–Crippen MR) is 68.5 cm³/mol. The molecule has 0 spiro atoms. The number of nitro groups is 1. The van der Waals surface area contributed by atoms with Crippen LogP contribution < -0.4 is 11.1 Å². The maximum Gasteiger partial charge on any atom is 0.311 e. The average Bonchev–Trinajstić information content (AvgIpc) is 2.39. The Morgan fingerprint density at radius 2 is 2.21 bits per heavy atom. The molecule has 1 heterocycles. The Morgan fingerprint density at radius 3 is 2.84 bits per heavy atom. The van der Waals surface area contributed by atoms with Gasteiger partial charge >= 0.3 is 5.69 Å². The van der Waals surface area contributed by atoms with E-state index in [9.17, 15) is 14.5 Å². The summed E-state index contributed by atoms with van der Waals surface area (Å²) in [4.78, 5) is 14.1. The topological polar surface area (TPSA) is 94.1 Å². The van der Waals surface area contributed by atoms with Gasteiger partial charge in [0.05, 0.1) is 4.92 Å². The largest absolute Gasteiger partial charge is 0.334 e. The van der Waals surface area contributed by atoms with Crippen molar-refractivity contribution in [3.8, 4) is 0 Å². The fourth-order valence-corrected chi connectivity index (χ4v) is 1.57. The molecule has 0 aliphatic heterocycles. The van der Waals surface area contributed by atoms with E-state index in [1.165, 1.54) is 30.5 Å². The van der Waals surface area contributed by atoms with E-state index in [0.29, 0.717) is 11.3 Å². The lowest BCUT2D eigenvalue weighted by Crippen LogP contribution is -2.02. The fourth-order valence-electron chi connectivity index (χ4n) is 1.57. The van der Waals surface area contributed by atoms with Crippen LogP contribution in [-0.4, -0.2) is 9.91 Å². The van der Waals surface area contributed by atoms with Gasteiger partial charge in [-0.05, 0) is 18.2 Å². The van der Waals surface area contributed by atoms with Crippen LogP contribution in [0.2, 0.25) is 0 Å². The van der Waals surface area contributed by atoms with Crippen molar-refractivity contribution < 1.29 is 9.31 Å². The molecule has 0 fully saturated rings. The van der Waals surface area contributed by atoms with Crippen molar-refractivity contribution in [3.05, 3.63) is 58.0 Å². The second-order valence-electron chi connectivity index (χ2n) is 3.76. The van der Waals surface area contributed by atoms with Gasteiger partial charge in [-0.25, -0.2) is 9.37 Å². The van der Waals surface area contributed by atoms with Crippen molar-refractivity contribution in [2.45, 2.75) is 6.54 Å². The number of halogens is 1. The first-order valence-corrected chi connectivity index (χ1v) is 5.46. The van der Waals surface area contributed by atoms with E-state index >= 15 is 0 Å². The van der Waals surface area contributed by atoms with Gasteiger partial charge in [0.15, 0.2) is 0 Å². The van der Waals surface area contributed by atoms with Gasteiger partial charge in [-0.15, -0.1) is 0 Å². The summed E-state index contributed by atoms with van der Waals surface area (Å²) in [6.45, 7) is 0.0931. The van der Waals surface area contributed by atoms with Gasteiger partial charge in [-0.3, -0.25) is 10.1 Å². The number of nitrogens with two attached hydrogens (primary N) is 1. The second kappa shape index (κ2) is 5.40. The van der Waals surface area contributed by atoms with E-state index in [2.05, 4.69) is 10.3 Å². The Bertz CT molecular complexity index is 618. The van der Waals surface area contributed by atoms with E-state index < -0.39 is 10.7 Å². The number of benzene rings is 1. The highest BCUT2D eigenvalue weighted by Gasteiger charge is 2.14. The van der Waals surface area contributed by atoms with Crippen molar-refractivity contribution in [1.82, 2.24) is 4.98 Å². The van der Waals surface area contributed by atoms with Crippen molar-refractivity contribution in [3.63, 3.8) is 0 Å².